The van der Waals surface area contributed by atoms with Crippen molar-refractivity contribution in [3.63, 3.8) is 0 Å². The number of rotatable bonds is 0. The summed E-state index contributed by atoms with van der Waals surface area (Å²) in [5.74, 6) is 0. The zero-order valence-corrected chi connectivity index (χ0v) is 12.0. The molecule has 0 saturated heterocycles. The van der Waals surface area contributed by atoms with E-state index in [0.29, 0.717) is 0 Å². The minimum atomic E-state index is 0.756. The first-order valence-electron chi connectivity index (χ1n) is 5.42. The molecule has 3 heteroatoms. The number of aryl methyl sites for hydroxylation is 2. The Hall–Kier alpha value is -0.500. The van der Waals surface area contributed by atoms with Gasteiger partial charge in [-0.05, 0) is 63.7 Å². The van der Waals surface area contributed by atoms with Crippen LogP contribution in [0, 0.1) is 0 Å². The fraction of sp³-hybridized carbons (Fsp3) is 0.143. The quantitative estimate of drug-likeness (QED) is 0.597. The number of hydrogen-bond donors (Lipinski definition) is 0. The number of hydrogen-bond acceptors (Lipinski definition) is 0. The van der Waals surface area contributed by atoms with Crippen LogP contribution in [0.2, 0.25) is 10.0 Å². The maximum Gasteiger partial charge on any atom is 0.0554 e. The van der Waals surface area contributed by atoms with Gasteiger partial charge in [-0.2, -0.15) is 0 Å². The van der Waals surface area contributed by atoms with Crippen molar-refractivity contribution in [2.45, 2.75) is 12.8 Å². The molecule has 0 nitrogen and oxygen atoms in total. The molecule has 0 bridgehead atoms. The zero-order chi connectivity index (χ0) is 12.0. The van der Waals surface area contributed by atoms with Crippen molar-refractivity contribution in [2.75, 3.05) is 0 Å². The van der Waals surface area contributed by atoms with Crippen molar-refractivity contribution < 1.29 is 0 Å². The summed E-state index contributed by atoms with van der Waals surface area (Å²) in [4.78, 5) is 0. The molecule has 0 spiro atoms. The van der Waals surface area contributed by atoms with Gasteiger partial charge >= 0.3 is 0 Å². The second kappa shape index (κ2) is 4.31. The van der Waals surface area contributed by atoms with E-state index in [2.05, 4.69) is 28.1 Å². The van der Waals surface area contributed by atoms with Crippen LogP contribution in [0.15, 0.2) is 34.8 Å². The molecule has 0 amide bonds. The predicted molar refractivity (Wildman–Crippen MR) is 77.0 cm³/mol. The van der Waals surface area contributed by atoms with Crippen molar-refractivity contribution in [2.24, 2.45) is 0 Å². The van der Waals surface area contributed by atoms with Gasteiger partial charge in [-0.25, -0.2) is 0 Å². The molecule has 1 aliphatic rings. The third-order valence-corrected chi connectivity index (χ3v) is 4.78. The van der Waals surface area contributed by atoms with E-state index in [1.165, 1.54) is 22.3 Å². The highest BCUT2D eigenvalue weighted by molar-refractivity contribution is 9.10. The molecule has 2 aromatic rings. The standard InChI is InChI=1S/C14H9BrCl2/c15-14-12(17)6-3-8-1-2-9-7-10(16)4-5-11(9)13(8)14/h3-7H,1-2H2. The molecule has 2 aromatic carbocycles. The van der Waals surface area contributed by atoms with E-state index in [-0.39, 0.29) is 0 Å². The fourth-order valence-corrected chi connectivity index (χ4v) is 3.33. The Morgan fingerprint density at radius 1 is 0.941 bits per heavy atom. The van der Waals surface area contributed by atoms with Crippen LogP contribution in [0.5, 0.6) is 0 Å². The summed E-state index contributed by atoms with van der Waals surface area (Å²) in [7, 11) is 0. The average molecular weight is 328 g/mol. The first kappa shape index (κ1) is 11.6. The van der Waals surface area contributed by atoms with E-state index < -0.39 is 0 Å². The van der Waals surface area contributed by atoms with Crippen LogP contribution in [-0.2, 0) is 12.8 Å². The van der Waals surface area contributed by atoms with Gasteiger partial charge in [0.2, 0.25) is 0 Å². The summed E-state index contributed by atoms with van der Waals surface area (Å²) in [6, 6.07) is 10.1. The normalized spacial score (nSPS) is 13.1. The summed E-state index contributed by atoms with van der Waals surface area (Å²) in [5, 5.41) is 1.55. The minimum Gasteiger partial charge on any atom is -0.0843 e. The van der Waals surface area contributed by atoms with Gasteiger partial charge in [0.15, 0.2) is 0 Å². The summed E-state index contributed by atoms with van der Waals surface area (Å²) in [5.41, 5.74) is 5.10. The molecule has 0 saturated carbocycles. The molecule has 0 aromatic heterocycles. The number of fused-ring (bicyclic) bond motifs is 3. The maximum absolute atomic E-state index is 6.17. The maximum atomic E-state index is 6.17. The third kappa shape index (κ3) is 1.91. The molecule has 0 heterocycles. The predicted octanol–water partition coefficient (Wildman–Crippen LogP) is 5.52. The van der Waals surface area contributed by atoms with Gasteiger partial charge in [0.05, 0.1) is 5.02 Å². The van der Waals surface area contributed by atoms with Crippen LogP contribution in [0.4, 0.5) is 0 Å². The van der Waals surface area contributed by atoms with Crippen LogP contribution in [0.1, 0.15) is 11.1 Å². The summed E-state index contributed by atoms with van der Waals surface area (Å²) < 4.78 is 0.986. The lowest BCUT2D eigenvalue weighted by atomic mass is 9.86. The molecular weight excluding hydrogens is 319 g/mol. The average Bonchev–Trinajstić information content (AvgIpc) is 2.33. The monoisotopic (exact) mass is 326 g/mol. The minimum absolute atomic E-state index is 0.756. The van der Waals surface area contributed by atoms with Gasteiger partial charge < -0.3 is 0 Å². The van der Waals surface area contributed by atoms with E-state index in [0.717, 1.165) is 27.4 Å². The highest BCUT2D eigenvalue weighted by atomic mass is 79.9. The van der Waals surface area contributed by atoms with E-state index >= 15 is 0 Å². The van der Waals surface area contributed by atoms with Gasteiger partial charge in [0, 0.05) is 15.1 Å². The topological polar surface area (TPSA) is 0 Å². The SMILES string of the molecule is Clc1ccc2c(c1)CCc1ccc(Cl)c(Br)c1-2. The van der Waals surface area contributed by atoms with Crippen LogP contribution in [0.3, 0.4) is 0 Å². The zero-order valence-electron chi connectivity index (χ0n) is 8.93. The first-order valence-corrected chi connectivity index (χ1v) is 6.97. The molecule has 3 rings (SSSR count). The Labute approximate surface area is 119 Å². The van der Waals surface area contributed by atoms with Crippen molar-refractivity contribution in [3.05, 3.63) is 56.0 Å². The van der Waals surface area contributed by atoms with Crippen LogP contribution in [-0.4, -0.2) is 0 Å². The van der Waals surface area contributed by atoms with E-state index in [1.807, 2.05) is 18.2 Å². The molecule has 0 aliphatic heterocycles. The van der Waals surface area contributed by atoms with E-state index in [1.54, 1.807) is 0 Å². The Kier molecular flexibility index (Phi) is 2.94. The Bertz CT molecular complexity index is 605. The second-order valence-electron chi connectivity index (χ2n) is 4.20. The molecule has 1 aliphatic carbocycles. The largest absolute Gasteiger partial charge is 0.0843 e. The summed E-state index contributed by atoms with van der Waals surface area (Å²) >= 11 is 15.8. The second-order valence-corrected chi connectivity index (χ2v) is 5.83. The first-order chi connectivity index (χ1) is 8.16. The molecule has 0 radical (unpaired) electrons. The summed E-state index contributed by atoms with van der Waals surface area (Å²) in [6.45, 7) is 0. The molecule has 0 unspecified atom stereocenters. The highest BCUT2D eigenvalue weighted by Crippen LogP contribution is 2.42. The highest BCUT2D eigenvalue weighted by Gasteiger charge is 2.19. The van der Waals surface area contributed by atoms with Gasteiger partial charge in [0.1, 0.15) is 0 Å². The Balaban J connectivity index is 2.31. The fourth-order valence-electron chi connectivity index (χ4n) is 2.37. The summed E-state index contributed by atoms with van der Waals surface area (Å²) in [6.07, 6.45) is 2.08. The van der Waals surface area contributed by atoms with Crippen LogP contribution < -0.4 is 0 Å². The Morgan fingerprint density at radius 2 is 1.71 bits per heavy atom. The van der Waals surface area contributed by atoms with Crippen molar-refractivity contribution in [3.8, 4) is 11.1 Å². The lowest BCUT2D eigenvalue weighted by Gasteiger charge is -2.21. The lowest BCUT2D eigenvalue weighted by molar-refractivity contribution is 0.940. The van der Waals surface area contributed by atoms with Gasteiger partial charge in [0.25, 0.3) is 0 Å². The molecular formula is C14H9BrCl2. The molecule has 0 N–H and O–H groups in total. The van der Waals surface area contributed by atoms with Crippen molar-refractivity contribution in [1.29, 1.82) is 0 Å². The van der Waals surface area contributed by atoms with Crippen LogP contribution >= 0.6 is 39.1 Å². The molecule has 17 heavy (non-hydrogen) atoms. The van der Waals surface area contributed by atoms with Crippen molar-refractivity contribution in [1.82, 2.24) is 0 Å². The Morgan fingerprint density at radius 3 is 2.53 bits per heavy atom. The molecule has 0 fully saturated rings. The lowest BCUT2D eigenvalue weighted by Crippen LogP contribution is -2.04. The number of benzene rings is 2. The van der Waals surface area contributed by atoms with E-state index in [4.69, 9.17) is 23.2 Å². The third-order valence-electron chi connectivity index (χ3n) is 3.18. The van der Waals surface area contributed by atoms with Gasteiger partial charge in [-0.1, -0.05) is 35.3 Å². The van der Waals surface area contributed by atoms with Gasteiger partial charge in [-0.15, -0.1) is 0 Å². The molecule has 0 atom stereocenters. The van der Waals surface area contributed by atoms with Crippen LogP contribution in [0.25, 0.3) is 11.1 Å². The van der Waals surface area contributed by atoms with E-state index in [9.17, 15) is 0 Å². The molecule has 86 valence electrons. The number of halogens is 3. The smallest absolute Gasteiger partial charge is 0.0554 e. The van der Waals surface area contributed by atoms with Gasteiger partial charge in [-0.3, -0.25) is 0 Å². The van der Waals surface area contributed by atoms with Crippen molar-refractivity contribution >= 4 is 39.1 Å².